The second-order valence-corrected chi connectivity index (χ2v) is 6.78. The van der Waals surface area contributed by atoms with Gasteiger partial charge in [0.25, 0.3) is 5.91 Å². The van der Waals surface area contributed by atoms with Crippen molar-refractivity contribution in [3.8, 4) is 5.75 Å². The number of thiophene rings is 1. The number of amides is 1. The van der Waals surface area contributed by atoms with Crippen LogP contribution in [0, 0.1) is 0 Å². The molecule has 1 aliphatic heterocycles. The number of aryl methyl sites for hydroxylation is 1. The van der Waals surface area contributed by atoms with E-state index in [4.69, 9.17) is 0 Å². The summed E-state index contributed by atoms with van der Waals surface area (Å²) in [7, 11) is 0. The first kappa shape index (κ1) is 15.1. The molecule has 22 heavy (non-hydrogen) atoms. The Kier molecular flexibility index (Phi) is 4.78. The number of nitrogens with zero attached hydrogens (tertiary/aromatic N) is 1. The third kappa shape index (κ3) is 3.50. The topological polar surface area (TPSA) is 40.5 Å². The molecule has 2 aromatic rings. The third-order valence-corrected chi connectivity index (χ3v) is 5.18. The van der Waals surface area contributed by atoms with Crippen molar-refractivity contribution in [2.45, 2.75) is 38.1 Å². The Morgan fingerprint density at radius 3 is 2.77 bits per heavy atom. The molecular formula is C18H21NO2S. The largest absolute Gasteiger partial charge is 0.508 e. The minimum atomic E-state index is 0.186. The number of rotatable bonds is 4. The number of carbonyl (C=O) groups is 1. The molecule has 2 heterocycles. The normalized spacial score (nSPS) is 18.4. The summed E-state index contributed by atoms with van der Waals surface area (Å²) in [5.74, 6) is 0.487. The predicted molar refractivity (Wildman–Crippen MR) is 89.4 cm³/mol. The Bertz CT molecular complexity index is 607. The van der Waals surface area contributed by atoms with E-state index in [1.165, 1.54) is 23.3 Å². The van der Waals surface area contributed by atoms with Gasteiger partial charge in [0.1, 0.15) is 5.75 Å². The second-order valence-electron chi connectivity index (χ2n) is 5.83. The number of hydrogen-bond donors (Lipinski definition) is 1. The van der Waals surface area contributed by atoms with Crippen LogP contribution in [0.5, 0.6) is 5.75 Å². The van der Waals surface area contributed by atoms with Gasteiger partial charge < -0.3 is 10.0 Å². The van der Waals surface area contributed by atoms with E-state index in [9.17, 15) is 9.90 Å². The summed E-state index contributed by atoms with van der Waals surface area (Å²) in [4.78, 5) is 15.5. The second kappa shape index (κ2) is 6.97. The number of piperidine rings is 1. The standard InChI is InChI=1S/C18H21NO2S/c20-16-10-7-14(8-11-16)6-9-15-4-1-2-12-19(15)18(21)17-5-3-13-22-17/h3,5,7-8,10-11,13,15,20H,1-2,4,6,9,12H2/t15-/m0/s1. The molecule has 3 nitrogen and oxygen atoms in total. The molecule has 1 N–H and O–H groups in total. The van der Waals surface area contributed by atoms with Crippen molar-refractivity contribution in [3.05, 3.63) is 52.2 Å². The van der Waals surface area contributed by atoms with Gasteiger partial charge in [-0.25, -0.2) is 0 Å². The lowest BCUT2D eigenvalue weighted by molar-refractivity contribution is 0.0607. The van der Waals surface area contributed by atoms with Crippen molar-refractivity contribution in [2.75, 3.05) is 6.54 Å². The van der Waals surface area contributed by atoms with E-state index in [-0.39, 0.29) is 5.91 Å². The summed E-state index contributed by atoms with van der Waals surface area (Å²) in [6.45, 7) is 0.872. The van der Waals surface area contributed by atoms with Gasteiger partial charge in [0.15, 0.2) is 0 Å². The lowest BCUT2D eigenvalue weighted by atomic mass is 9.95. The molecule has 0 unspecified atom stereocenters. The number of likely N-dealkylation sites (tertiary alicyclic amines) is 1. The van der Waals surface area contributed by atoms with Crippen molar-refractivity contribution >= 4 is 17.2 Å². The van der Waals surface area contributed by atoms with E-state index in [1.807, 2.05) is 29.6 Å². The summed E-state index contributed by atoms with van der Waals surface area (Å²) in [6.07, 6.45) is 5.33. The molecule has 4 heteroatoms. The number of hydrogen-bond acceptors (Lipinski definition) is 3. The molecule has 1 aliphatic rings. The fraction of sp³-hybridized carbons (Fsp3) is 0.389. The maximum atomic E-state index is 12.6. The van der Waals surface area contributed by atoms with Crippen molar-refractivity contribution in [1.82, 2.24) is 4.90 Å². The van der Waals surface area contributed by atoms with Gasteiger partial charge in [-0.15, -0.1) is 11.3 Å². The summed E-state index contributed by atoms with van der Waals surface area (Å²) in [5, 5.41) is 11.3. The highest BCUT2D eigenvalue weighted by molar-refractivity contribution is 7.12. The molecule has 1 aromatic heterocycles. The maximum absolute atomic E-state index is 12.6. The van der Waals surface area contributed by atoms with Crippen LogP contribution in [0.4, 0.5) is 0 Å². The molecule has 1 aromatic carbocycles. The van der Waals surface area contributed by atoms with Gasteiger partial charge in [0.05, 0.1) is 4.88 Å². The van der Waals surface area contributed by atoms with Crippen LogP contribution >= 0.6 is 11.3 Å². The van der Waals surface area contributed by atoms with Crippen LogP contribution in [0.2, 0.25) is 0 Å². The Balaban J connectivity index is 1.65. The van der Waals surface area contributed by atoms with Gasteiger partial charge in [-0.3, -0.25) is 4.79 Å². The van der Waals surface area contributed by atoms with Crippen LogP contribution in [0.3, 0.4) is 0 Å². The van der Waals surface area contributed by atoms with E-state index in [1.54, 1.807) is 12.1 Å². The van der Waals surface area contributed by atoms with Crippen LogP contribution in [0.25, 0.3) is 0 Å². The maximum Gasteiger partial charge on any atom is 0.264 e. The number of carbonyl (C=O) groups excluding carboxylic acids is 1. The van der Waals surface area contributed by atoms with E-state index < -0.39 is 0 Å². The predicted octanol–water partition coefficient (Wildman–Crippen LogP) is 4.08. The summed E-state index contributed by atoms with van der Waals surface area (Å²) < 4.78 is 0. The Morgan fingerprint density at radius 1 is 1.23 bits per heavy atom. The molecule has 0 spiro atoms. The first-order valence-electron chi connectivity index (χ1n) is 7.86. The molecule has 1 amide bonds. The van der Waals surface area contributed by atoms with Gasteiger partial charge in [0.2, 0.25) is 0 Å². The Morgan fingerprint density at radius 2 is 2.05 bits per heavy atom. The minimum absolute atomic E-state index is 0.186. The summed E-state index contributed by atoms with van der Waals surface area (Å²) >= 11 is 1.52. The molecule has 1 fully saturated rings. The fourth-order valence-electron chi connectivity index (χ4n) is 3.11. The zero-order valence-electron chi connectivity index (χ0n) is 12.6. The van der Waals surface area contributed by atoms with E-state index >= 15 is 0 Å². The zero-order valence-corrected chi connectivity index (χ0v) is 13.4. The van der Waals surface area contributed by atoms with Crippen molar-refractivity contribution in [1.29, 1.82) is 0 Å². The van der Waals surface area contributed by atoms with Crippen LogP contribution in [0.1, 0.15) is 40.9 Å². The van der Waals surface area contributed by atoms with Gasteiger partial charge in [-0.1, -0.05) is 18.2 Å². The average Bonchev–Trinajstić information content (AvgIpc) is 3.08. The van der Waals surface area contributed by atoms with E-state index in [2.05, 4.69) is 4.90 Å². The highest BCUT2D eigenvalue weighted by Crippen LogP contribution is 2.25. The molecule has 0 aliphatic carbocycles. The van der Waals surface area contributed by atoms with E-state index in [0.717, 1.165) is 37.1 Å². The van der Waals surface area contributed by atoms with Crippen molar-refractivity contribution in [2.24, 2.45) is 0 Å². The molecule has 116 valence electrons. The lowest BCUT2D eigenvalue weighted by Gasteiger charge is -2.35. The number of phenols is 1. The van der Waals surface area contributed by atoms with Gasteiger partial charge in [0, 0.05) is 12.6 Å². The first-order valence-corrected chi connectivity index (χ1v) is 8.74. The van der Waals surface area contributed by atoms with Crippen LogP contribution < -0.4 is 0 Å². The Hall–Kier alpha value is -1.81. The SMILES string of the molecule is O=C(c1cccs1)N1CCCC[C@H]1CCc1ccc(O)cc1. The molecule has 1 atom stereocenters. The van der Waals surface area contributed by atoms with Crippen molar-refractivity contribution in [3.63, 3.8) is 0 Å². The molecule has 1 saturated heterocycles. The average molecular weight is 315 g/mol. The molecule has 0 bridgehead atoms. The monoisotopic (exact) mass is 315 g/mol. The zero-order chi connectivity index (χ0) is 15.4. The fourth-order valence-corrected chi connectivity index (χ4v) is 3.78. The van der Waals surface area contributed by atoms with Gasteiger partial charge in [-0.05, 0) is 61.2 Å². The molecular weight excluding hydrogens is 294 g/mol. The third-order valence-electron chi connectivity index (χ3n) is 4.32. The first-order chi connectivity index (χ1) is 10.7. The summed E-state index contributed by atoms with van der Waals surface area (Å²) in [5.41, 5.74) is 1.21. The quantitative estimate of drug-likeness (QED) is 0.923. The van der Waals surface area contributed by atoms with Crippen molar-refractivity contribution < 1.29 is 9.90 Å². The smallest absolute Gasteiger partial charge is 0.264 e. The van der Waals surface area contributed by atoms with Gasteiger partial charge in [-0.2, -0.15) is 0 Å². The molecule has 0 radical (unpaired) electrons. The van der Waals surface area contributed by atoms with E-state index in [0.29, 0.717) is 11.8 Å². The lowest BCUT2D eigenvalue weighted by Crippen LogP contribution is -2.43. The number of aromatic hydroxyl groups is 1. The highest BCUT2D eigenvalue weighted by atomic mass is 32.1. The number of phenolic OH excluding ortho intramolecular Hbond substituents is 1. The summed E-state index contributed by atoms with van der Waals surface area (Å²) in [6, 6.07) is 11.6. The van der Waals surface area contributed by atoms with Gasteiger partial charge >= 0.3 is 0 Å². The van der Waals surface area contributed by atoms with Crippen LogP contribution in [0.15, 0.2) is 41.8 Å². The Labute approximate surface area is 135 Å². The molecule has 0 saturated carbocycles. The minimum Gasteiger partial charge on any atom is -0.508 e. The highest BCUT2D eigenvalue weighted by Gasteiger charge is 2.27. The number of benzene rings is 1. The van der Waals surface area contributed by atoms with Crippen LogP contribution in [-0.4, -0.2) is 28.5 Å². The molecule has 3 rings (SSSR count). The van der Waals surface area contributed by atoms with Crippen LogP contribution in [-0.2, 0) is 6.42 Å².